The Morgan fingerprint density at radius 1 is 1.24 bits per heavy atom. The lowest BCUT2D eigenvalue weighted by Gasteiger charge is -2.11. The molecule has 0 saturated carbocycles. The van der Waals surface area contributed by atoms with E-state index in [4.69, 9.17) is 23.1 Å². The number of nitrogens with two attached hydrogens (primary N) is 2. The van der Waals surface area contributed by atoms with Gasteiger partial charge in [0.25, 0.3) is 0 Å². The Balaban J connectivity index is 2.35. The molecule has 0 fully saturated rings. The summed E-state index contributed by atoms with van der Waals surface area (Å²) in [5.74, 6) is 0.747. The molecule has 1 aromatic carbocycles. The van der Waals surface area contributed by atoms with Crippen molar-refractivity contribution in [3.63, 3.8) is 0 Å². The van der Waals surface area contributed by atoms with Gasteiger partial charge in [-0.3, -0.25) is 0 Å². The molecule has 6 heteroatoms. The first-order valence-corrected chi connectivity index (χ1v) is 5.35. The maximum atomic E-state index is 5.88. The number of nitrogens with one attached hydrogen (secondary N) is 1. The molecule has 0 aliphatic carbocycles. The molecule has 0 unspecified atom stereocenters. The highest BCUT2D eigenvalue weighted by Crippen LogP contribution is 2.26. The molecule has 2 rings (SSSR count). The highest BCUT2D eigenvalue weighted by atomic mass is 35.5. The summed E-state index contributed by atoms with van der Waals surface area (Å²) in [6.07, 6.45) is 1.36. The monoisotopic (exact) mass is 249 g/mol. The predicted octanol–water partition coefficient (Wildman–Crippen LogP) is 2.35. The fourth-order valence-corrected chi connectivity index (χ4v) is 1.63. The van der Waals surface area contributed by atoms with Crippen LogP contribution in [0.2, 0.25) is 5.02 Å². The van der Waals surface area contributed by atoms with Crippen LogP contribution >= 0.6 is 11.6 Å². The maximum absolute atomic E-state index is 5.88. The SMILES string of the molecule is Cc1cc(Cl)ccc1Nc1ncnc(N)c1N. The number of hydrogen-bond donors (Lipinski definition) is 3. The molecule has 0 radical (unpaired) electrons. The number of benzene rings is 1. The van der Waals surface area contributed by atoms with Crippen LogP contribution in [0.1, 0.15) is 5.56 Å². The van der Waals surface area contributed by atoms with Gasteiger partial charge in [-0.25, -0.2) is 9.97 Å². The summed E-state index contributed by atoms with van der Waals surface area (Å²) < 4.78 is 0. The fraction of sp³-hybridized carbons (Fsp3) is 0.0909. The van der Waals surface area contributed by atoms with Crippen LogP contribution in [0.3, 0.4) is 0 Å². The first kappa shape index (κ1) is 11.5. The summed E-state index contributed by atoms with van der Waals surface area (Å²) in [5, 5.41) is 3.78. The lowest BCUT2D eigenvalue weighted by molar-refractivity contribution is 1.18. The Hall–Kier alpha value is -2.01. The summed E-state index contributed by atoms with van der Waals surface area (Å²) >= 11 is 5.88. The van der Waals surface area contributed by atoms with E-state index in [9.17, 15) is 0 Å². The van der Waals surface area contributed by atoms with Crippen LogP contribution in [0.25, 0.3) is 0 Å². The van der Waals surface area contributed by atoms with Crippen molar-refractivity contribution in [2.45, 2.75) is 6.92 Å². The molecule has 0 aliphatic rings. The molecule has 1 aromatic heterocycles. The molecule has 88 valence electrons. The Morgan fingerprint density at radius 2 is 2.00 bits per heavy atom. The van der Waals surface area contributed by atoms with Gasteiger partial charge in [0.2, 0.25) is 0 Å². The van der Waals surface area contributed by atoms with Crippen molar-refractivity contribution in [3.8, 4) is 0 Å². The van der Waals surface area contributed by atoms with E-state index in [-0.39, 0.29) is 5.82 Å². The molecular formula is C11H12ClN5. The molecule has 0 spiro atoms. The molecule has 1 heterocycles. The number of halogens is 1. The topological polar surface area (TPSA) is 89.8 Å². The summed E-state index contributed by atoms with van der Waals surface area (Å²) in [6, 6.07) is 5.50. The number of aryl methyl sites for hydroxylation is 1. The highest BCUT2D eigenvalue weighted by Gasteiger charge is 2.06. The molecule has 5 nitrogen and oxygen atoms in total. The van der Waals surface area contributed by atoms with Crippen molar-refractivity contribution in [2.75, 3.05) is 16.8 Å². The molecule has 2 aromatic rings. The van der Waals surface area contributed by atoms with Gasteiger partial charge >= 0.3 is 0 Å². The molecule has 0 aliphatic heterocycles. The van der Waals surface area contributed by atoms with Crippen LogP contribution in [-0.2, 0) is 0 Å². The summed E-state index contributed by atoms with van der Waals surface area (Å²) in [6.45, 7) is 1.94. The van der Waals surface area contributed by atoms with Gasteiger partial charge in [-0.05, 0) is 30.7 Å². The number of aromatic nitrogens is 2. The summed E-state index contributed by atoms with van der Waals surface area (Å²) in [4.78, 5) is 7.84. The van der Waals surface area contributed by atoms with Crippen LogP contribution in [-0.4, -0.2) is 9.97 Å². The van der Waals surface area contributed by atoms with Crippen molar-refractivity contribution in [3.05, 3.63) is 35.1 Å². The zero-order chi connectivity index (χ0) is 12.4. The maximum Gasteiger partial charge on any atom is 0.159 e. The molecule has 0 amide bonds. The average Bonchev–Trinajstić information content (AvgIpc) is 2.28. The summed E-state index contributed by atoms with van der Waals surface area (Å²) in [5.41, 5.74) is 13.6. The average molecular weight is 250 g/mol. The normalized spacial score (nSPS) is 10.2. The zero-order valence-electron chi connectivity index (χ0n) is 9.24. The van der Waals surface area contributed by atoms with Gasteiger partial charge in [0.15, 0.2) is 11.6 Å². The number of nitrogen functional groups attached to an aromatic ring is 2. The van der Waals surface area contributed by atoms with Crippen molar-refractivity contribution in [1.82, 2.24) is 9.97 Å². The molecule has 0 saturated heterocycles. The minimum Gasteiger partial charge on any atom is -0.393 e. The van der Waals surface area contributed by atoms with E-state index in [0.717, 1.165) is 11.3 Å². The number of nitrogens with zero attached hydrogens (tertiary/aromatic N) is 2. The van der Waals surface area contributed by atoms with Crippen LogP contribution in [0.4, 0.5) is 23.0 Å². The quantitative estimate of drug-likeness (QED) is 0.760. The van der Waals surface area contributed by atoms with Gasteiger partial charge in [0.1, 0.15) is 12.0 Å². The van der Waals surface area contributed by atoms with E-state index in [1.165, 1.54) is 6.33 Å². The molecular weight excluding hydrogens is 238 g/mol. The smallest absolute Gasteiger partial charge is 0.159 e. The van der Waals surface area contributed by atoms with Gasteiger partial charge in [-0.2, -0.15) is 0 Å². The molecule has 5 N–H and O–H groups in total. The van der Waals surface area contributed by atoms with E-state index in [0.29, 0.717) is 16.5 Å². The molecule has 17 heavy (non-hydrogen) atoms. The Kier molecular flexibility index (Phi) is 3.01. The van der Waals surface area contributed by atoms with Gasteiger partial charge in [0, 0.05) is 10.7 Å². The van der Waals surface area contributed by atoms with Crippen LogP contribution in [0.5, 0.6) is 0 Å². The second-order valence-electron chi connectivity index (χ2n) is 3.61. The van der Waals surface area contributed by atoms with Crippen molar-refractivity contribution in [2.24, 2.45) is 0 Å². The Labute approximate surface area is 104 Å². The standard InChI is InChI=1S/C11H12ClN5/c1-6-4-7(12)2-3-8(6)17-11-9(13)10(14)15-5-16-11/h2-5H,13H2,1H3,(H3,14,15,16,17). The van der Waals surface area contributed by atoms with Crippen LogP contribution in [0, 0.1) is 6.92 Å². The minimum atomic E-state index is 0.258. The Bertz CT molecular complexity index is 556. The van der Waals surface area contributed by atoms with E-state index < -0.39 is 0 Å². The summed E-state index contributed by atoms with van der Waals surface area (Å²) in [7, 11) is 0. The number of rotatable bonds is 2. The first-order chi connectivity index (χ1) is 8.08. The third-order valence-electron chi connectivity index (χ3n) is 2.36. The van der Waals surface area contributed by atoms with Crippen molar-refractivity contribution >= 4 is 34.6 Å². The largest absolute Gasteiger partial charge is 0.393 e. The second kappa shape index (κ2) is 4.47. The minimum absolute atomic E-state index is 0.258. The lowest BCUT2D eigenvalue weighted by Crippen LogP contribution is -2.05. The highest BCUT2D eigenvalue weighted by molar-refractivity contribution is 6.30. The second-order valence-corrected chi connectivity index (χ2v) is 4.04. The van der Waals surface area contributed by atoms with Crippen LogP contribution in [0.15, 0.2) is 24.5 Å². The van der Waals surface area contributed by atoms with Gasteiger partial charge in [-0.15, -0.1) is 0 Å². The van der Waals surface area contributed by atoms with Crippen LogP contribution < -0.4 is 16.8 Å². The van der Waals surface area contributed by atoms with Gasteiger partial charge in [-0.1, -0.05) is 11.6 Å². The van der Waals surface area contributed by atoms with E-state index in [2.05, 4.69) is 15.3 Å². The third kappa shape index (κ3) is 2.39. The zero-order valence-corrected chi connectivity index (χ0v) is 9.99. The predicted molar refractivity (Wildman–Crippen MR) is 70.3 cm³/mol. The number of hydrogen-bond acceptors (Lipinski definition) is 5. The number of anilines is 4. The third-order valence-corrected chi connectivity index (χ3v) is 2.59. The first-order valence-electron chi connectivity index (χ1n) is 4.97. The lowest BCUT2D eigenvalue weighted by atomic mass is 10.2. The van der Waals surface area contributed by atoms with E-state index in [1.54, 1.807) is 6.07 Å². The van der Waals surface area contributed by atoms with E-state index in [1.807, 2.05) is 19.1 Å². The van der Waals surface area contributed by atoms with Crippen molar-refractivity contribution < 1.29 is 0 Å². The Morgan fingerprint density at radius 3 is 2.71 bits per heavy atom. The molecule has 0 atom stereocenters. The van der Waals surface area contributed by atoms with E-state index >= 15 is 0 Å². The van der Waals surface area contributed by atoms with Crippen molar-refractivity contribution in [1.29, 1.82) is 0 Å². The fourth-order valence-electron chi connectivity index (χ4n) is 1.40. The van der Waals surface area contributed by atoms with Gasteiger partial charge in [0.05, 0.1) is 0 Å². The van der Waals surface area contributed by atoms with Gasteiger partial charge < -0.3 is 16.8 Å². The molecule has 0 bridgehead atoms.